The molecule has 4 amide bonds. The summed E-state index contributed by atoms with van der Waals surface area (Å²) in [5.74, 6) is -0.767. The van der Waals surface area contributed by atoms with Crippen molar-refractivity contribution in [1.82, 2.24) is 15.5 Å². The first-order valence-electron chi connectivity index (χ1n) is 7.03. The molecule has 2 N–H and O–H groups in total. The highest BCUT2D eigenvalue weighted by atomic mass is 16.5. The van der Waals surface area contributed by atoms with Crippen LogP contribution in [0.1, 0.15) is 5.56 Å². The maximum Gasteiger partial charge on any atom is 0.325 e. The Bertz CT molecular complexity index is 547. The monoisotopic (exact) mass is 305 g/mol. The van der Waals surface area contributed by atoms with E-state index in [9.17, 15) is 14.4 Å². The summed E-state index contributed by atoms with van der Waals surface area (Å²) in [6.45, 7) is 0.439. The molecule has 0 aliphatic carbocycles. The first kappa shape index (κ1) is 16.0. The van der Waals surface area contributed by atoms with Crippen LogP contribution in [0.2, 0.25) is 0 Å². The predicted octanol–water partition coefficient (Wildman–Crippen LogP) is -0.0879. The number of benzene rings is 1. The highest BCUT2D eigenvalue weighted by Crippen LogP contribution is 2.11. The molecule has 1 atom stereocenters. The molecule has 0 saturated carbocycles. The molecule has 0 spiro atoms. The lowest BCUT2D eigenvalue weighted by Gasteiger charge is -2.13. The number of amides is 4. The van der Waals surface area contributed by atoms with Crippen molar-refractivity contribution in [1.29, 1.82) is 0 Å². The molecule has 0 bridgehead atoms. The Labute approximate surface area is 128 Å². The van der Waals surface area contributed by atoms with E-state index in [4.69, 9.17) is 4.74 Å². The van der Waals surface area contributed by atoms with Gasteiger partial charge in [0.25, 0.3) is 5.91 Å². The second-order valence-electron chi connectivity index (χ2n) is 4.96. The number of nitrogens with zero attached hydrogens (tertiary/aromatic N) is 1. The Morgan fingerprint density at radius 3 is 2.73 bits per heavy atom. The van der Waals surface area contributed by atoms with Gasteiger partial charge in [0.05, 0.1) is 6.61 Å². The maximum absolute atomic E-state index is 12.2. The van der Waals surface area contributed by atoms with Crippen LogP contribution in [0, 0.1) is 0 Å². The van der Waals surface area contributed by atoms with Gasteiger partial charge in [-0.05, 0) is 5.56 Å². The molecule has 118 valence electrons. The summed E-state index contributed by atoms with van der Waals surface area (Å²) in [4.78, 5) is 36.7. The number of rotatable bonds is 7. The summed E-state index contributed by atoms with van der Waals surface area (Å²) in [6, 6.07) is 8.25. The zero-order chi connectivity index (χ0) is 15.9. The van der Waals surface area contributed by atoms with E-state index in [1.165, 1.54) is 7.11 Å². The summed E-state index contributed by atoms with van der Waals surface area (Å²) in [5.41, 5.74) is 0.951. The number of ether oxygens (including phenoxy) is 1. The first-order valence-corrected chi connectivity index (χ1v) is 7.03. The van der Waals surface area contributed by atoms with Gasteiger partial charge < -0.3 is 15.4 Å². The fourth-order valence-electron chi connectivity index (χ4n) is 2.21. The van der Waals surface area contributed by atoms with Gasteiger partial charge in [0.2, 0.25) is 5.91 Å². The van der Waals surface area contributed by atoms with Crippen LogP contribution in [0.25, 0.3) is 0 Å². The van der Waals surface area contributed by atoms with E-state index < -0.39 is 12.1 Å². The molecule has 1 aliphatic heterocycles. The lowest BCUT2D eigenvalue weighted by atomic mass is 10.1. The van der Waals surface area contributed by atoms with Crippen molar-refractivity contribution in [3.05, 3.63) is 35.9 Å². The summed E-state index contributed by atoms with van der Waals surface area (Å²) in [6.07, 6.45) is 0.410. The summed E-state index contributed by atoms with van der Waals surface area (Å²) in [5, 5.41) is 5.19. The average molecular weight is 305 g/mol. The average Bonchev–Trinajstić information content (AvgIpc) is 2.76. The van der Waals surface area contributed by atoms with Gasteiger partial charge in [-0.1, -0.05) is 30.3 Å². The normalized spacial score (nSPS) is 17.5. The molecular weight excluding hydrogens is 286 g/mol. The molecule has 1 fully saturated rings. The van der Waals surface area contributed by atoms with Gasteiger partial charge >= 0.3 is 6.03 Å². The van der Waals surface area contributed by atoms with E-state index in [0.717, 1.165) is 10.5 Å². The summed E-state index contributed by atoms with van der Waals surface area (Å²) >= 11 is 0. The highest BCUT2D eigenvalue weighted by Gasteiger charge is 2.38. The van der Waals surface area contributed by atoms with Gasteiger partial charge in [0.1, 0.15) is 12.6 Å². The van der Waals surface area contributed by atoms with E-state index in [-0.39, 0.29) is 18.4 Å². The third-order valence-electron chi connectivity index (χ3n) is 3.32. The molecule has 0 aromatic heterocycles. The SMILES string of the molecule is COCCNC(=O)CN1C(=O)N[C@@H](Cc2ccccc2)C1=O. The van der Waals surface area contributed by atoms with Crippen LogP contribution in [0.3, 0.4) is 0 Å². The fraction of sp³-hybridized carbons (Fsp3) is 0.400. The standard InChI is InChI=1S/C15H19N3O4/c1-22-8-7-16-13(19)10-18-14(20)12(17-15(18)21)9-11-5-3-2-4-6-11/h2-6,12H,7-10H2,1H3,(H,16,19)(H,17,21)/t12-/m0/s1. The summed E-state index contributed by atoms with van der Waals surface area (Å²) in [7, 11) is 1.53. The highest BCUT2D eigenvalue weighted by molar-refractivity contribution is 6.06. The number of carbonyl (C=O) groups excluding carboxylic acids is 3. The summed E-state index contributed by atoms with van der Waals surface area (Å²) < 4.78 is 4.81. The van der Waals surface area contributed by atoms with Crippen molar-refractivity contribution in [3.8, 4) is 0 Å². The molecule has 1 saturated heterocycles. The van der Waals surface area contributed by atoms with Crippen LogP contribution in [-0.2, 0) is 20.7 Å². The van der Waals surface area contributed by atoms with Gasteiger partial charge in [-0.2, -0.15) is 0 Å². The van der Waals surface area contributed by atoms with Crippen molar-refractivity contribution in [2.24, 2.45) is 0 Å². The van der Waals surface area contributed by atoms with E-state index in [1.807, 2.05) is 30.3 Å². The number of hydrogen-bond acceptors (Lipinski definition) is 4. The Morgan fingerprint density at radius 2 is 2.05 bits per heavy atom. The largest absolute Gasteiger partial charge is 0.383 e. The van der Waals surface area contributed by atoms with Crippen LogP contribution in [-0.4, -0.2) is 55.6 Å². The van der Waals surface area contributed by atoms with Gasteiger partial charge in [0.15, 0.2) is 0 Å². The molecule has 22 heavy (non-hydrogen) atoms. The number of nitrogens with one attached hydrogen (secondary N) is 2. The molecule has 1 aromatic carbocycles. The molecule has 2 rings (SSSR count). The molecule has 0 radical (unpaired) electrons. The van der Waals surface area contributed by atoms with Gasteiger partial charge in [-0.15, -0.1) is 0 Å². The van der Waals surface area contributed by atoms with Crippen molar-refractivity contribution in [3.63, 3.8) is 0 Å². The predicted molar refractivity (Wildman–Crippen MR) is 79.1 cm³/mol. The second-order valence-corrected chi connectivity index (χ2v) is 4.96. The lowest BCUT2D eigenvalue weighted by Crippen LogP contribution is -2.42. The Kier molecular flexibility index (Phi) is 5.48. The van der Waals surface area contributed by atoms with Crippen LogP contribution in [0.4, 0.5) is 4.79 Å². The lowest BCUT2D eigenvalue weighted by molar-refractivity contribution is -0.132. The molecule has 7 heteroatoms. The Morgan fingerprint density at radius 1 is 1.32 bits per heavy atom. The number of urea groups is 1. The van der Waals surface area contributed by atoms with Gasteiger partial charge in [-0.25, -0.2) is 4.79 Å². The van der Waals surface area contributed by atoms with Crippen LogP contribution >= 0.6 is 0 Å². The Hall–Kier alpha value is -2.41. The van der Waals surface area contributed by atoms with E-state index in [1.54, 1.807) is 0 Å². The number of carbonyl (C=O) groups is 3. The first-order chi connectivity index (χ1) is 10.6. The number of hydrogen-bond donors (Lipinski definition) is 2. The maximum atomic E-state index is 12.2. The molecule has 0 unspecified atom stereocenters. The zero-order valence-electron chi connectivity index (χ0n) is 12.4. The van der Waals surface area contributed by atoms with Gasteiger partial charge in [0, 0.05) is 20.1 Å². The molecule has 7 nitrogen and oxygen atoms in total. The van der Waals surface area contributed by atoms with Crippen LogP contribution in [0.15, 0.2) is 30.3 Å². The third-order valence-corrected chi connectivity index (χ3v) is 3.32. The molecular formula is C15H19N3O4. The van der Waals surface area contributed by atoms with Crippen molar-refractivity contribution in [2.45, 2.75) is 12.5 Å². The number of methoxy groups -OCH3 is 1. The zero-order valence-corrected chi connectivity index (χ0v) is 12.4. The third kappa shape index (κ3) is 4.05. The minimum Gasteiger partial charge on any atom is -0.383 e. The fourth-order valence-corrected chi connectivity index (χ4v) is 2.21. The topological polar surface area (TPSA) is 87.7 Å². The minimum absolute atomic E-state index is 0.278. The van der Waals surface area contributed by atoms with Crippen LogP contribution in [0.5, 0.6) is 0 Å². The van der Waals surface area contributed by atoms with E-state index in [0.29, 0.717) is 19.6 Å². The van der Waals surface area contributed by atoms with Crippen molar-refractivity contribution in [2.75, 3.05) is 26.8 Å². The van der Waals surface area contributed by atoms with E-state index in [2.05, 4.69) is 10.6 Å². The van der Waals surface area contributed by atoms with Crippen LogP contribution < -0.4 is 10.6 Å². The molecule has 1 heterocycles. The van der Waals surface area contributed by atoms with Crippen molar-refractivity contribution < 1.29 is 19.1 Å². The Balaban J connectivity index is 1.90. The molecule has 1 aliphatic rings. The number of imide groups is 1. The van der Waals surface area contributed by atoms with Gasteiger partial charge in [-0.3, -0.25) is 14.5 Å². The van der Waals surface area contributed by atoms with E-state index >= 15 is 0 Å². The quantitative estimate of drug-likeness (QED) is 0.544. The minimum atomic E-state index is -0.623. The second kappa shape index (κ2) is 7.56. The van der Waals surface area contributed by atoms with Crippen molar-refractivity contribution >= 4 is 17.8 Å². The smallest absolute Gasteiger partial charge is 0.325 e. The molecule has 1 aromatic rings.